The molecule has 0 spiro atoms. The van der Waals surface area contributed by atoms with Crippen LogP contribution in [0, 0.1) is 0 Å². The summed E-state index contributed by atoms with van der Waals surface area (Å²) in [6.45, 7) is 5.65. The van der Waals surface area contributed by atoms with E-state index in [0.29, 0.717) is 23.7 Å². The SMILES string of the molecule is COCCOC(=O)C[S+]([O-])c1ccc(C(=O)N2CCN(c3cccc(Cl)c3)C(C)[C@@H]2C)cc1Cl. The molecule has 1 saturated heterocycles. The first-order valence-electron chi connectivity index (χ1n) is 10.9. The number of esters is 1. The second-order valence-corrected chi connectivity index (χ2v) is 10.3. The summed E-state index contributed by atoms with van der Waals surface area (Å²) in [4.78, 5) is 29.4. The van der Waals surface area contributed by atoms with Crippen molar-refractivity contribution in [3.63, 3.8) is 0 Å². The van der Waals surface area contributed by atoms with Crippen LogP contribution < -0.4 is 4.90 Å². The largest absolute Gasteiger partial charge is 0.611 e. The molecule has 1 amide bonds. The number of rotatable bonds is 8. The number of benzene rings is 2. The first-order chi connectivity index (χ1) is 16.2. The third kappa shape index (κ3) is 6.37. The highest BCUT2D eigenvalue weighted by atomic mass is 35.5. The molecule has 3 atom stereocenters. The van der Waals surface area contributed by atoms with Gasteiger partial charge in [-0.15, -0.1) is 0 Å². The van der Waals surface area contributed by atoms with Crippen molar-refractivity contribution in [2.24, 2.45) is 0 Å². The van der Waals surface area contributed by atoms with Crippen LogP contribution in [0.4, 0.5) is 5.69 Å². The average molecular weight is 527 g/mol. The molecule has 2 aromatic rings. The number of piperazine rings is 1. The first kappa shape index (κ1) is 26.6. The van der Waals surface area contributed by atoms with Crippen LogP contribution in [0.2, 0.25) is 10.0 Å². The Balaban J connectivity index is 1.67. The van der Waals surface area contributed by atoms with E-state index in [1.54, 1.807) is 6.07 Å². The quantitative estimate of drug-likeness (QED) is 0.293. The number of ether oxygens (including phenoxy) is 2. The van der Waals surface area contributed by atoms with Crippen LogP contribution in [0.1, 0.15) is 24.2 Å². The number of methoxy groups -OCH3 is 1. The minimum Gasteiger partial charge on any atom is -0.611 e. The van der Waals surface area contributed by atoms with Crippen LogP contribution in [-0.2, 0) is 25.4 Å². The second-order valence-electron chi connectivity index (χ2n) is 8.00. The van der Waals surface area contributed by atoms with E-state index in [9.17, 15) is 14.1 Å². The number of carbonyl (C=O) groups is 2. The van der Waals surface area contributed by atoms with Gasteiger partial charge in [0.1, 0.15) is 6.61 Å². The summed E-state index contributed by atoms with van der Waals surface area (Å²) in [6.07, 6.45) is 0. The standard InChI is InChI=1S/C24H28Cl2N2O5S/c1-16-17(2)28(10-9-27(16)20-6-4-5-19(25)14-20)24(30)18-7-8-22(21(26)13-18)34(31)15-23(29)33-12-11-32-3/h4-8,13-14,16-17H,9-12,15H2,1-3H3/t16?,17-,34?/m0/s1. The van der Waals surface area contributed by atoms with Crippen molar-refractivity contribution in [1.29, 1.82) is 0 Å². The van der Waals surface area contributed by atoms with Crippen molar-refractivity contribution in [2.45, 2.75) is 30.8 Å². The van der Waals surface area contributed by atoms with E-state index in [4.69, 9.17) is 32.7 Å². The van der Waals surface area contributed by atoms with Gasteiger partial charge in [0.05, 0.1) is 11.6 Å². The minimum atomic E-state index is -1.69. The van der Waals surface area contributed by atoms with Gasteiger partial charge in [-0.1, -0.05) is 29.3 Å². The molecule has 0 bridgehead atoms. The Hall–Kier alpha value is -1.97. The van der Waals surface area contributed by atoms with Crippen molar-refractivity contribution in [3.8, 4) is 0 Å². The number of nitrogens with zero attached hydrogens (tertiary/aromatic N) is 2. The van der Waals surface area contributed by atoms with Crippen molar-refractivity contribution in [2.75, 3.05) is 44.1 Å². The van der Waals surface area contributed by atoms with Crippen LogP contribution in [-0.4, -0.2) is 72.6 Å². The van der Waals surface area contributed by atoms with Gasteiger partial charge in [-0.25, -0.2) is 4.79 Å². The maximum absolute atomic E-state index is 13.3. The van der Waals surface area contributed by atoms with Crippen molar-refractivity contribution in [3.05, 3.63) is 58.1 Å². The lowest BCUT2D eigenvalue weighted by Gasteiger charge is -2.46. The van der Waals surface area contributed by atoms with E-state index in [1.165, 1.54) is 19.2 Å². The maximum Gasteiger partial charge on any atom is 0.356 e. The number of hydrogen-bond donors (Lipinski definition) is 0. The molecule has 10 heteroatoms. The van der Waals surface area contributed by atoms with E-state index in [0.717, 1.165) is 5.69 Å². The molecule has 0 aliphatic carbocycles. The molecule has 34 heavy (non-hydrogen) atoms. The van der Waals surface area contributed by atoms with Gasteiger partial charge in [0.25, 0.3) is 5.91 Å². The molecule has 0 saturated carbocycles. The van der Waals surface area contributed by atoms with Crippen LogP contribution in [0.15, 0.2) is 47.4 Å². The number of amides is 1. The predicted molar refractivity (Wildman–Crippen MR) is 134 cm³/mol. The number of hydrogen-bond acceptors (Lipinski definition) is 6. The number of anilines is 1. The van der Waals surface area contributed by atoms with Gasteiger partial charge in [0.2, 0.25) is 5.75 Å². The molecule has 1 fully saturated rings. The molecule has 184 valence electrons. The smallest absolute Gasteiger partial charge is 0.356 e. The zero-order valence-corrected chi connectivity index (χ0v) is 21.7. The zero-order valence-electron chi connectivity index (χ0n) is 19.3. The molecule has 0 radical (unpaired) electrons. The number of halogens is 2. The molecule has 1 aliphatic rings. The van der Waals surface area contributed by atoms with Gasteiger partial charge in [0, 0.05) is 48.6 Å². The van der Waals surface area contributed by atoms with E-state index >= 15 is 0 Å². The Morgan fingerprint density at radius 3 is 2.53 bits per heavy atom. The van der Waals surface area contributed by atoms with E-state index < -0.39 is 17.1 Å². The fraction of sp³-hybridized carbons (Fsp3) is 0.417. The average Bonchev–Trinajstić information content (AvgIpc) is 2.80. The number of carbonyl (C=O) groups excluding carboxylic acids is 2. The van der Waals surface area contributed by atoms with Crippen LogP contribution in [0.5, 0.6) is 0 Å². The third-order valence-electron chi connectivity index (χ3n) is 5.89. The van der Waals surface area contributed by atoms with E-state index in [-0.39, 0.29) is 46.9 Å². The van der Waals surface area contributed by atoms with Crippen LogP contribution in [0.25, 0.3) is 0 Å². The molecule has 3 rings (SSSR count). The Kier molecular flexibility index (Phi) is 9.50. The van der Waals surface area contributed by atoms with E-state index in [2.05, 4.69) is 11.8 Å². The van der Waals surface area contributed by atoms with Crippen LogP contribution >= 0.6 is 23.2 Å². The fourth-order valence-corrected chi connectivity index (χ4v) is 5.47. The Morgan fingerprint density at radius 2 is 1.85 bits per heavy atom. The van der Waals surface area contributed by atoms with Gasteiger partial charge >= 0.3 is 5.97 Å². The minimum absolute atomic E-state index is 0.0605. The Morgan fingerprint density at radius 1 is 1.09 bits per heavy atom. The molecule has 7 nitrogen and oxygen atoms in total. The lowest BCUT2D eigenvalue weighted by atomic mass is 10.0. The lowest BCUT2D eigenvalue weighted by molar-refractivity contribution is -0.141. The molecule has 1 heterocycles. The molecular weight excluding hydrogens is 499 g/mol. The van der Waals surface area contributed by atoms with Gasteiger partial charge in [0.15, 0.2) is 4.90 Å². The Bertz CT molecular complexity index is 1020. The summed E-state index contributed by atoms with van der Waals surface area (Å²) in [5, 5.41) is 0.846. The van der Waals surface area contributed by atoms with E-state index in [1.807, 2.05) is 36.1 Å². The highest BCUT2D eigenvalue weighted by molar-refractivity contribution is 7.92. The molecule has 0 aromatic heterocycles. The topological polar surface area (TPSA) is 82.1 Å². The van der Waals surface area contributed by atoms with Crippen molar-refractivity contribution >= 4 is 51.9 Å². The Labute approximate surface area is 213 Å². The lowest BCUT2D eigenvalue weighted by Crippen LogP contribution is -2.59. The monoisotopic (exact) mass is 526 g/mol. The molecule has 2 aromatic carbocycles. The molecule has 1 aliphatic heterocycles. The van der Waals surface area contributed by atoms with Crippen molar-refractivity contribution < 1.29 is 23.6 Å². The van der Waals surface area contributed by atoms with Gasteiger partial charge in [-0.3, -0.25) is 4.79 Å². The third-order valence-corrected chi connectivity index (χ3v) is 7.89. The van der Waals surface area contributed by atoms with Crippen LogP contribution in [0.3, 0.4) is 0 Å². The highest BCUT2D eigenvalue weighted by Crippen LogP contribution is 2.29. The summed E-state index contributed by atoms with van der Waals surface area (Å²) in [5.41, 5.74) is 1.43. The highest BCUT2D eigenvalue weighted by Gasteiger charge is 2.34. The van der Waals surface area contributed by atoms with Gasteiger partial charge in [-0.2, -0.15) is 0 Å². The first-order valence-corrected chi connectivity index (χ1v) is 13.0. The van der Waals surface area contributed by atoms with Gasteiger partial charge < -0.3 is 23.8 Å². The molecular formula is C24H28Cl2N2O5S. The second kappa shape index (κ2) is 12.1. The van der Waals surface area contributed by atoms with Gasteiger partial charge in [-0.05, 0) is 61.4 Å². The summed E-state index contributed by atoms with van der Waals surface area (Å²) in [5.74, 6) is -1.08. The summed E-state index contributed by atoms with van der Waals surface area (Å²) < 4.78 is 22.3. The van der Waals surface area contributed by atoms with Crippen molar-refractivity contribution in [1.82, 2.24) is 4.90 Å². The summed E-state index contributed by atoms with van der Waals surface area (Å²) >= 11 is 10.8. The molecule has 0 N–H and O–H groups in total. The maximum atomic E-state index is 13.3. The zero-order chi connectivity index (χ0) is 24.8. The normalized spacial score (nSPS) is 19.1. The summed E-state index contributed by atoms with van der Waals surface area (Å²) in [6, 6.07) is 12.3. The summed E-state index contributed by atoms with van der Waals surface area (Å²) in [7, 11) is 1.50. The predicted octanol–water partition coefficient (Wildman–Crippen LogP) is 4.03. The fourth-order valence-electron chi connectivity index (χ4n) is 3.90. The molecule has 2 unspecified atom stereocenters.